The number of rotatable bonds is 3. The topological polar surface area (TPSA) is 99.2 Å². The summed E-state index contributed by atoms with van der Waals surface area (Å²) in [4.78, 5) is 10.7. The summed E-state index contributed by atoms with van der Waals surface area (Å²) in [5, 5.41) is 15.5. The molecule has 1 unspecified atom stereocenters. The molecule has 1 aliphatic rings. The summed E-state index contributed by atoms with van der Waals surface area (Å²) in [7, 11) is 0. The average Bonchev–Trinajstić information content (AvgIpc) is 2.71. The van der Waals surface area contributed by atoms with Gasteiger partial charge in [0, 0.05) is 0 Å². The first-order chi connectivity index (χ1) is 5.16. The summed E-state index contributed by atoms with van der Waals surface area (Å²) in [6, 6.07) is 0. The molecule has 1 saturated carbocycles. The van der Waals surface area contributed by atoms with Crippen LogP contribution in [0.1, 0.15) is 12.8 Å². The predicted octanol–water partition coefficient (Wildman–Crippen LogP) is -0.546. The minimum absolute atomic E-state index is 0.166. The number of carbonyl (C=O) groups excluding carboxylic acids is 1. The van der Waals surface area contributed by atoms with Gasteiger partial charge in [0.1, 0.15) is 5.84 Å². The lowest BCUT2D eigenvalue weighted by molar-refractivity contribution is -0.120. The Morgan fingerprint density at radius 2 is 2.27 bits per heavy atom. The van der Waals surface area contributed by atoms with E-state index >= 15 is 0 Å². The summed E-state index contributed by atoms with van der Waals surface area (Å²) in [6.07, 6.45) is 1.83. The molecule has 1 atom stereocenters. The first kappa shape index (κ1) is 8.00. The number of amidine groups is 1. The van der Waals surface area contributed by atoms with Crippen LogP contribution in [0.15, 0.2) is 0 Å². The third kappa shape index (κ3) is 1.68. The molecule has 1 aliphatic carbocycles. The molecule has 0 radical (unpaired) electrons. The Kier molecular flexibility index (Phi) is 2.09. The van der Waals surface area contributed by atoms with Crippen LogP contribution < -0.4 is 11.2 Å². The Morgan fingerprint density at radius 3 is 2.55 bits per heavy atom. The minimum Gasteiger partial charge on any atom is -0.369 e. The molecule has 5 heteroatoms. The zero-order valence-electron chi connectivity index (χ0n) is 6.00. The first-order valence-corrected chi connectivity index (χ1v) is 3.44. The van der Waals surface area contributed by atoms with Crippen molar-refractivity contribution < 1.29 is 10.0 Å². The maximum Gasteiger partial charge on any atom is 0.228 e. The lowest BCUT2D eigenvalue weighted by Gasteiger charge is -2.11. The van der Waals surface area contributed by atoms with Crippen molar-refractivity contribution in [3.05, 3.63) is 0 Å². The molecule has 0 saturated heterocycles. The van der Waals surface area contributed by atoms with Crippen molar-refractivity contribution in [2.75, 3.05) is 0 Å². The third-order valence-electron chi connectivity index (χ3n) is 1.83. The van der Waals surface area contributed by atoms with Crippen LogP contribution in [-0.4, -0.2) is 17.0 Å². The Labute approximate surface area is 64.0 Å². The maximum atomic E-state index is 10.7. The highest BCUT2D eigenvalue weighted by molar-refractivity contribution is 6.01. The monoisotopic (exact) mass is 157 g/mol. The zero-order chi connectivity index (χ0) is 8.43. The van der Waals surface area contributed by atoms with Gasteiger partial charge >= 0.3 is 0 Å². The van der Waals surface area contributed by atoms with Gasteiger partial charge in [-0.25, -0.2) is 0 Å². The zero-order valence-corrected chi connectivity index (χ0v) is 6.00. The molecule has 5 N–H and O–H groups in total. The van der Waals surface area contributed by atoms with Gasteiger partial charge in [0.15, 0.2) is 0 Å². The van der Waals surface area contributed by atoms with E-state index in [9.17, 15) is 4.79 Å². The van der Waals surface area contributed by atoms with Gasteiger partial charge in [-0.1, -0.05) is 0 Å². The van der Waals surface area contributed by atoms with Crippen LogP contribution in [0, 0.1) is 17.2 Å². The van der Waals surface area contributed by atoms with Gasteiger partial charge in [0.05, 0.1) is 5.92 Å². The SMILES string of the molecule is N=C(NO)C(C(N)=O)C1CC1. The highest BCUT2D eigenvalue weighted by Gasteiger charge is 2.37. The molecule has 1 rings (SSSR count). The maximum absolute atomic E-state index is 10.7. The van der Waals surface area contributed by atoms with Crippen molar-refractivity contribution in [2.24, 2.45) is 17.6 Å². The van der Waals surface area contributed by atoms with Crippen molar-refractivity contribution in [2.45, 2.75) is 12.8 Å². The van der Waals surface area contributed by atoms with Crippen molar-refractivity contribution >= 4 is 11.7 Å². The Hall–Kier alpha value is -1.10. The fraction of sp³-hybridized carbons (Fsp3) is 0.667. The van der Waals surface area contributed by atoms with Crippen molar-refractivity contribution in [3.8, 4) is 0 Å². The van der Waals surface area contributed by atoms with Crippen molar-refractivity contribution in [3.63, 3.8) is 0 Å². The van der Waals surface area contributed by atoms with E-state index in [1.165, 1.54) is 0 Å². The minimum atomic E-state index is -0.625. The Balaban J connectivity index is 2.58. The molecule has 0 heterocycles. The molecule has 0 aromatic rings. The number of nitrogens with two attached hydrogens (primary N) is 1. The highest BCUT2D eigenvalue weighted by atomic mass is 16.5. The Bertz CT molecular complexity index is 188. The van der Waals surface area contributed by atoms with Gasteiger partial charge < -0.3 is 5.73 Å². The standard InChI is InChI=1S/C6H11N3O2/c7-5(9-11)4(6(8)10)3-1-2-3/h3-4,11H,1-2H2,(H2,7,9)(H2,8,10). The van der Waals surface area contributed by atoms with Crippen LogP contribution >= 0.6 is 0 Å². The van der Waals surface area contributed by atoms with Gasteiger partial charge in [-0.15, -0.1) is 0 Å². The van der Waals surface area contributed by atoms with E-state index in [4.69, 9.17) is 16.4 Å². The van der Waals surface area contributed by atoms with Crippen molar-refractivity contribution in [1.29, 1.82) is 5.41 Å². The Morgan fingerprint density at radius 1 is 1.73 bits per heavy atom. The van der Waals surface area contributed by atoms with Gasteiger partial charge in [0.2, 0.25) is 5.91 Å². The molecule has 0 aromatic heterocycles. The molecule has 1 fully saturated rings. The fourth-order valence-electron chi connectivity index (χ4n) is 1.11. The van der Waals surface area contributed by atoms with E-state index in [-0.39, 0.29) is 11.8 Å². The smallest absolute Gasteiger partial charge is 0.228 e. The van der Waals surface area contributed by atoms with Gasteiger partial charge in [0.25, 0.3) is 0 Å². The fourth-order valence-corrected chi connectivity index (χ4v) is 1.11. The molecule has 1 amide bonds. The van der Waals surface area contributed by atoms with E-state index in [0.717, 1.165) is 12.8 Å². The molecule has 0 bridgehead atoms. The van der Waals surface area contributed by atoms with Gasteiger partial charge in [-0.05, 0) is 18.8 Å². The second-order valence-corrected chi connectivity index (χ2v) is 2.74. The summed E-state index contributed by atoms with van der Waals surface area (Å²) < 4.78 is 0. The molecule has 0 aliphatic heterocycles. The van der Waals surface area contributed by atoms with Crippen LogP contribution in [0.3, 0.4) is 0 Å². The number of nitrogens with one attached hydrogen (secondary N) is 2. The van der Waals surface area contributed by atoms with E-state index in [1.807, 2.05) is 0 Å². The van der Waals surface area contributed by atoms with Crippen LogP contribution in [0.4, 0.5) is 0 Å². The summed E-state index contributed by atoms with van der Waals surface area (Å²) in [5.41, 5.74) is 6.67. The lowest BCUT2D eigenvalue weighted by atomic mass is 10.0. The number of hydrogen-bond acceptors (Lipinski definition) is 3. The largest absolute Gasteiger partial charge is 0.369 e. The summed E-state index contributed by atoms with van der Waals surface area (Å²) >= 11 is 0. The summed E-state index contributed by atoms with van der Waals surface area (Å²) in [6.45, 7) is 0. The lowest BCUT2D eigenvalue weighted by Crippen LogP contribution is -2.38. The molecule has 0 aromatic carbocycles. The van der Waals surface area contributed by atoms with Crippen molar-refractivity contribution in [1.82, 2.24) is 5.48 Å². The number of hydroxylamine groups is 1. The molecule has 5 nitrogen and oxygen atoms in total. The highest BCUT2D eigenvalue weighted by Crippen LogP contribution is 2.36. The normalized spacial score (nSPS) is 19.0. The molecular formula is C6H11N3O2. The van der Waals surface area contributed by atoms with Crippen LogP contribution in [0.5, 0.6) is 0 Å². The molecular weight excluding hydrogens is 146 g/mol. The van der Waals surface area contributed by atoms with Crippen LogP contribution in [0.25, 0.3) is 0 Å². The summed E-state index contributed by atoms with van der Waals surface area (Å²) in [5.74, 6) is -1.20. The molecule has 0 spiro atoms. The van der Waals surface area contributed by atoms with E-state index in [2.05, 4.69) is 0 Å². The molecule has 62 valence electrons. The second-order valence-electron chi connectivity index (χ2n) is 2.74. The molecule has 11 heavy (non-hydrogen) atoms. The van der Waals surface area contributed by atoms with E-state index in [1.54, 1.807) is 5.48 Å². The first-order valence-electron chi connectivity index (χ1n) is 3.44. The second kappa shape index (κ2) is 2.87. The van der Waals surface area contributed by atoms with E-state index in [0.29, 0.717) is 0 Å². The average molecular weight is 157 g/mol. The van der Waals surface area contributed by atoms with Crippen LogP contribution in [-0.2, 0) is 4.79 Å². The quantitative estimate of drug-likeness (QED) is 0.251. The van der Waals surface area contributed by atoms with E-state index < -0.39 is 11.8 Å². The van der Waals surface area contributed by atoms with Gasteiger partial charge in [-0.3, -0.25) is 20.9 Å². The van der Waals surface area contributed by atoms with Crippen LogP contribution in [0.2, 0.25) is 0 Å². The van der Waals surface area contributed by atoms with Gasteiger partial charge in [-0.2, -0.15) is 0 Å². The predicted molar refractivity (Wildman–Crippen MR) is 38.1 cm³/mol. The number of carbonyl (C=O) groups is 1. The third-order valence-corrected chi connectivity index (χ3v) is 1.83. The number of hydrogen-bond donors (Lipinski definition) is 4. The number of amides is 1. The number of primary amides is 1.